The quantitative estimate of drug-likeness (QED) is 0.703. The van der Waals surface area contributed by atoms with Crippen LogP contribution in [0.1, 0.15) is 71.3 Å². The Morgan fingerprint density at radius 1 is 1.23 bits per heavy atom. The molecular formula is C19H35N3. The molecule has 3 nitrogen and oxygen atoms in total. The molecule has 1 aromatic rings. The molecule has 3 heteroatoms. The fraction of sp³-hybridized carbons (Fsp3) is 0.842. The average Bonchev–Trinajstić information content (AvgIpc) is 2.97. The zero-order chi connectivity index (χ0) is 15.9. The van der Waals surface area contributed by atoms with Gasteiger partial charge in [-0.15, -0.1) is 0 Å². The van der Waals surface area contributed by atoms with Crippen LogP contribution in [0.15, 0.2) is 12.4 Å². The predicted octanol–water partition coefficient (Wildman–Crippen LogP) is 4.54. The van der Waals surface area contributed by atoms with Crippen molar-refractivity contribution in [1.29, 1.82) is 0 Å². The second-order valence-corrected chi connectivity index (χ2v) is 7.59. The van der Waals surface area contributed by atoms with Crippen LogP contribution >= 0.6 is 0 Å². The van der Waals surface area contributed by atoms with E-state index in [0.29, 0.717) is 5.92 Å². The molecule has 0 bridgehead atoms. The Morgan fingerprint density at radius 3 is 2.55 bits per heavy atom. The largest absolute Gasteiger partial charge is 0.303 e. The van der Waals surface area contributed by atoms with Crippen molar-refractivity contribution in [2.75, 3.05) is 19.6 Å². The van der Waals surface area contributed by atoms with Crippen LogP contribution in [0.5, 0.6) is 0 Å². The van der Waals surface area contributed by atoms with Gasteiger partial charge in [0.05, 0.1) is 6.20 Å². The summed E-state index contributed by atoms with van der Waals surface area (Å²) in [5.41, 5.74) is 1.36. The Labute approximate surface area is 137 Å². The lowest BCUT2D eigenvalue weighted by atomic mass is 9.96. The topological polar surface area (TPSA) is 21.1 Å². The lowest BCUT2D eigenvalue weighted by molar-refractivity contribution is 0.166. The van der Waals surface area contributed by atoms with Gasteiger partial charge < -0.3 is 4.90 Å². The molecule has 0 aromatic carbocycles. The third-order valence-corrected chi connectivity index (χ3v) is 5.34. The highest BCUT2D eigenvalue weighted by molar-refractivity contribution is 5.08. The van der Waals surface area contributed by atoms with Crippen molar-refractivity contribution in [3.8, 4) is 0 Å². The number of piperidine rings is 1. The van der Waals surface area contributed by atoms with Crippen molar-refractivity contribution < 1.29 is 0 Å². The van der Waals surface area contributed by atoms with Crippen LogP contribution in [-0.4, -0.2) is 34.3 Å². The molecular weight excluding hydrogens is 270 g/mol. The van der Waals surface area contributed by atoms with E-state index in [9.17, 15) is 0 Å². The minimum atomic E-state index is 0.584. The van der Waals surface area contributed by atoms with Gasteiger partial charge >= 0.3 is 0 Å². The molecule has 1 atom stereocenters. The first-order valence-electron chi connectivity index (χ1n) is 9.33. The maximum atomic E-state index is 4.53. The predicted molar refractivity (Wildman–Crippen MR) is 94.2 cm³/mol. The second kappa shape index (κ2) is 8.71. The zero-order valence-corrected chi connectivity index (χ0v) is 15.1. The number of aromatic nitrogens is 2. The van der Waals surface area contributed by atoms with Crippen LogP contribution in [-0.2, 0) is 6.54 Å². The number of hydrogen-bond donors (Lipinski definition) is 0. The summed E-state index contributed by atoms with van der Waals surface area (Å²) in [5.74, 6) is 2.29. The van der Waals surface area contributed by atoms with Crippen molar-refractivity contribution >= 4 is 0 Å². The van der Waals surface area contributed by atoms with E-state index in [4.69, 9.17) is 0 Å². The van der Waals surface area contributed by atoms with Gasteiger partial charge in [-0.2, -0.15) is 5.10 Å². The van der Waals surface area contributed by atoms with Crippen LogP contribution in [0.3, 0.4) is 0 Å². The Morgan fingerprint density at radius 2 is 1.95 bits per heavy atom. The van der Waals surface area contributed by atoms with Gasteiger partial charge in [0, 0.05) is 12.7 Å². The Hall–Kier alpha value is -0.830. The average molecular weight is 306 g/mol. The molecule has 2 heterocycles. The van der Waals surface area contributed by atoms with Crippen LogP contribution in [0, 0.1) is 11.8 Å². The zero-order valence-electron chi connectivity index (χ0n) is 15.1. The summed E-state index contributed by atoms with van der Waals surface area (Å²) in [5, 5.41) is 4.53. The number of likely N-dealkylation sites (tertiary alicyclic amines) is 1. The number of rotatable bonds is 8. The molecule has 0 saturated carbocycles. The highest BCUT2D eigenvalue weighted by Crippen LogP contribution is 2.21. The molecule has 0 aliphatic carbocycles. The van der Waals surface area contributed by atoms with Crippen molar-refractivity contribution in [2.24, 2.45) is 11.8 Å². The summed E-state index contributed by atoms with van der Waals surface area (Å²) in [6, 6.07) is 0. The molecule has 0 radical (unpaired) electrons. The lowest BCUT2D eigenvalue weighted by Crippen LogP contribution is -2.35. The van der Waals surface area contributed by atoms with E-state index in [1.807, 2.05) is 6.20 Å². The summed E-state index contributed by atoms with van der Waals surface area (Å²) >= 11 is 0. The SMILES string of the molecule is CCC(C)CCCN1CCC(Cn2cc(C(C)C)cn2)CC1. The molecule has 1 aliphatic heterocycles. The van der Waals surface area contributed by atoms with E-state index in [-0.39, 0.29) is 0 Å². The van der Waals surface area contributed by atoms with Crippen LogP contribution in [0.4, 0.5) is 0 Å². The van der Waals surface area contributed by atoms with Gasteiger partial charge in [0.25, 0.3) is 0 Å². The smallest absolute Gasteiger partial charge is 0.0524 e. The standard InChI is InChI=1S/C19H35N3/c1-5-17(4)7-6-10-21-11-8-18(9-12-21)14-22-15-19(13-20-22)16(2)3/h13,15-18H,5-12,14H2,1-4H3. The molecule has 1 saturated heterocycles. The molecule has 1 fully saturated rings. The molecule has 0 spiro atoms. The minimum absolute atomic E-state index is 0.584. The van der Waals surface area contributed by atoms with Gasteiger partial charge in [0.15, 0.2) is 0 Å². The van der Waals surface area contributed by atoms with Gasteiger partial charge in [0.1, 0.15) is 0 Å². The maximum Gasteiger partial charge on any atom is 0.0524 e. The summed E-state index contributed by atoms with van der Waals surface area (Å²) in [6.07, 6.45) is 11.0. The van der Waals surface area contributed by atoms with Gasteiger partial charge in [-0.1, -0.05) is 34.1 Å². The maximum absolute atomic E-state index is 4.53. The minimum Gasteiger partial charge on any atom is -0.303 e. The molecule has 22 heavy (non-hydrogen) atoms. The van der Waals surface area contributed by atoms with Crippen LogP contribution in [0.25, 0.3) is 0 Å². The summed E-state index contributed by atoms with van der Waals surface area (Å²) < 4.78 is 2.17. The van der Waals surface area contributed by atoms with Gasteiger partial charge in [-0.25, -0.2) is 0 Å². The monoisotopic (exact) mass is 305 g/mol. The van der Waals surface area contributed by atoms with E-state index >= 15 is 0 Å². The molecule has 126 valence electrons. The van der Waals surface area contributed by atoms with Gasteiger partial charge in [0.2, 0.25) is 0 Å². The van der Waals surface area contributed by atoms with Crippen molar-refractivity contribution in [3.63, 3.8) is 0 Å². The first-order valence-corrected chi connectivity index (χ1v) is 9.33. The second-order valence-electron chi connectivity index (χ2n) is 7.59. The Balaban J connectivity index is 1.66. The summed E-state index contributed by atoms with van der Waals surface area (Å²) in [7, 11) is 0. The van der Waals surface area contributed by atoms with Crippen molar-refractivity contribution in [3.05, 3.63) is 18.0 Å². The highest BCUT2D eigenvalue weighted by Gasteiger charge is 2.19. The van der Waals surface area contributed by atoms with Crippen LogP contribution < -0.4 is 0 Å². The van der Waals surface area contributed by atoms with E-state index in [2.05, 4.69) is 48.6 Å². The molecule has 0 N–H and O–H groups in total. The number of hydrogen-bond acceptors (Lipinski definition) is 2. The Bertz CT molecular complexity index is 416. The van der Waals surface area contributed by atoms with Crippen molar-refractivity contribution in [1.82, 2.24) is 14.7 Å². The normalized spacial score (nSPS) is 19.0. The Kier molecular flexibility index (Phi) is 6.94. The third-order valence-electron chi connectivity index (χ3n) is 5.34. The fourth-order valence-corrected chi connectivity index (χ4v) is 3.30. The molecule has 0 amide bonds. The lowest BCUT2D eigenvalue weighted by Gasteiger charge is -2.32. The molecule has 1 aliphatic rings. The summed E-state index contributed by atoms with van der Waals surface area (Å²) in [6.45, 7) is 14.1. The molecule has 1 aromatic heterocycles. The first-order chi connectivity index (χ1) is 10.6. The number of nitrogens with zero attached hydrogens (tertiary/aromatic N) is 3. The van der Waals surface area contributed by atoms with E-state index in [0.717, 1.165) is 18.4 Å². The fourth-order valence-electron chi connectivity index (χ4n) is 3.30. The molecule has 1 unspecified atom stereocenters. The summed E-state index contributed by atoms with van der Waals surface area (Å²) in [4.78, 5) is 2.67. The van der Waals surface area contributed by atoms with Gasteiger partial charge in [-0.05, 0) is 68.6 Å². The molecule has 2 rings (SSSR count). The first kappa shape index (κ1) is 17.5. The van der Waals surface area contributed by atoms with E-state index < -0.39 is 0 Å². The van der Waals surface area contributed by atoms with E-state index in [1.165, 1.54) is 57.3 Å². The highest BCUT2D eigenvalue weighted by atomic mass is 15.3. The van der Waals surface area contributed by atoms with Crippen LogP contribution in [0.2, 0.25) is 0 Å². The third kappa shape index (κ3) is 5.42. The van der Waals surface area contributed by atoms with Gasteiger partial charge in [-0.3, -0.25) is 4.68 Å². The van der Waals surface area contributed by atoms with Crippen molar-refractivity contribution in [2.45, 2.75) is 72.3 Å². The van der Waals surface area contributed by atoms with E-state index in [1.54, 1.807) is 0 Å².